The van der Waals surface area contributed by atoms with Crippen LogP contribution in [0.3, 0.4) is 0 Å². The summed E-state index contributed by atoms with van der Waals surface area (Å²) in [5.41, 5.74) is 1.49. The number of rotatable bonds is 8. The second-order valence-electron chi connectivity index (χ2n) is 6.50. The van der Waals surface area contributed by atoms with Crippen LogP contribution in [0.2, 0.25) is 0 Å². The Morgan fingerprint density at radius 2 is 1.83 bits per heavy atom. The van der Waals surface area contributed by atoms with Crippen molar-refractivity contribution in [2.24, 2.45) is 10.9 Å². The van der Waals surface area contributed by atoms with Gasteiger partial charge in [0.1, 0.15) is 6.04 Å². The number of aliphatic imine (C=N–C) groups is 1. The molecule has 6 nitrogen and oxygen atoms in total. The second kappa shape index (κ2) is 10.6. The molecule has 0 aliphatic heterocycles. The van der Waals surface area contributed by atoms with Crippen LogP contribution in [0.15, 0.2) is 58.0 Å². The Kier molecular flexibility index (Phi) is 8.15. The predicted molar refractivity (Wildman–Crippen MR) is 116 cm³/mol. The smallest absolute Gasteiger partial charge is 0.336 e. The molecular weight excluding hydrogens is 438 g/mol. The largest absolute Gasteiger partial charge is 0.493 e. The predicted octanol–water partition coefficient (Wildman–Crippen LogP) is 4.60. The molecule has 1 atom stereocenters. The van der Waals surface area contributed by atoms with Gasteiger partial charge >= 0.3 is 11.9 Å². The maximum Gasteiger partial charge on any atom is 0.336 e. The van der Waals surface area contributed by atoms with E-state index in [1.165, 1.54) is 19.4 Å². The monoisotopic (exact) mass is 459 g/mol. The molecule has 29 heavy (non-hydrogen) atoms. The molecule has 0 amide bonds. The van der Waals surface area contributed by atoms with E-state index in [9.17, 15) is 14.7 Å². The van der Waals surface area contributed by atoms with Gasteiger partial charge in [-0.2, -0.15) is 0 Å². The van der Waals surface area contributed by atoms with Gasteiger partial charge in [-0.05, 0) is 51.2 Å². The van der Waals surface area contributed by atoms with Gasteiger partial charge in [0, 0.05) is 12.3 Å². The lowest BCUT2D eigenvalue weighted by atomic mass is 10.1. The molecule has 0 aliphatic rings. The maximum atomic E-state index is 12.2. The zero-order valence-corrected chi connectivity index (χ0v) is 17.9. The molecule has 0 spiro atoms. The molecule has 0 aliphatic carbocycles. The Morgan fingerprint density at radius 1 is 1.14 bits per heavy atom. The Hall–Kier alpha value is -2.93. The average Bonchev–Trinajstić information content (AvgIpc) is 2.68. The van der Waals surface area contributed by atoms with Crippen molar-refractivity contribution in [1.82, 2.24) is 0 Å². The highest BCUT2D eigenvalue weighted by atomic mass is 79.9. The van der Waals surface area contributed by atoms with Crippen LogP contribution in [0.5, 0.6) is 11.5 Å². The third-order valence-corrected chi connectivity index (χ3v) is 4.52. The lowest BCUT2D eigenvalue weighted by molar-refractivity contribution is -0.139. The van der Waals surface area contributed by atoms with Crippen molar-refractivity contribution in [3.05, 3.63) is 64.1 Å². The summed E-state index contributed by atoms with van der Waals surface area (Å²) in [6.45, 7) is 3.58. The lowest BCUT2D eigenvalue weighted by Gasteiger charge is -2.12. The van der Waals surface area contributed by atoms with Crippen molar-refractivity contribution in [2.75, 3.05) is 7.11 Å². The fraction of sp³-hybridized carbons (Fsp3) is 0.227. The fourth-order valence-electron chi connectivity index (χ4n) is 2.46. The number of carboxylic acids is 1. The number of carboxylic acid groups (broad SMARTS) is 1. The molecule has 1 unspecified atom stereocenters. The van der Waals surface area contributed by atoms with Crippen LogP contribution in [-0.2, 0) is 9.59 Å². The highest BCUT2D eigenvalue weighted by Gasteiger charge is 2.20. The fourth-order valence-corrected chi connectivity index (χ4v) is 3.00. The van der Waals surface area contributed by atoms with E-state index in [1.807, 2.05) is 30.3 Å². The van der Waals surface area contributed by atoms with Crippen LogP contribution in [0, 0.1) is 5.92 Å². The normalized spacial score (nSPS) is 12.4. The van der Waals surface area contributed by atoms with E-state index in [4.69, 9.17) is 9.47 Å². The zero-order valence-electron chi connectivity index (χ0n) is 16.3. The van der Waals surface area contributed by atoms with Crippen LogP contribution in [0.25, 0.3) is 6.08 Å². The highest BCUT2D eigenvalue weighted by Crippen LogP contribution is 2.36. The van der Waals surface area contributed by atoms with Gasteiger partial charge in [0.15, 0.2) is 11.5 Å². The van der Waals surface area contributed by atoms with Gasteiger partial charge in [-0.1, -0.05) is 44.2 Å². The zero-order chi connectivity index (χ0) is 21.4. The number of aliphatic carboxylic acids is 1. The first-order chi connectivity index (χ1) is 13.8. The first kappa shape index (κ1) is 22.4. The molecule has 2 rings (SSSR count). The number of halogens is 1. The summed E-state index contributed by atoms with van der Waals surface area (Å²) < 4.78 is 11.2. The van der Waals surface area contributed by atoms with Gasteiger partial charge in [0.25, 0.3) is 0 Å². The molecule has 2 aromatic carbocycles. The molecule has 2 aromatic rings. The number of hydrogen-bond acceptors (Lipinski definition) is 5. The Balaban J connectivity index is 2.20. The second-order valence-corrected chi connectivity index (χ2v) is 7.36. The summed E-state index contributed by atoms with van der Waals surface area (Å²) in [5.74, 6) is -1.14. The van der Waals surface area contributed by atoms with Gasteiger partial charge in [-0.3, -0.25) is 4.99 Å². The first-order valence-corrected chi connectivity index (χ1v) is 9.69. The molecule has 0 aromatic heterocycles. The number of ether oxygens (including phenoxy) is 2. The number of nitrogens with zero attached hydrogens (tertiary/aromatic N) is 1. The Bertz CT molecular complexity index is 922. The van der Waals surface area contributed by atoms with Gasteiger partial charge in [0.2, 0.25) is 0 Å². The van der Waals surface area contributed by atoms with E-state index in [0.29, 0.717) is 15.8 Å². The summed E-state index contributed by atoms with van der Waals surface area (Å²) >= 11 is 3.37. The van der Waals surface area contributed by atoms with Gasteiger partial charge in [0.05, 0.1) is 11.6 Å². The van der Waals surface area contributed by atoms with Crippen molar-refractivity contribution in [3.63, 3.8) is 0 Å². The van der Waals surface area contributed by atoms with E-state index in [1.54, 1.807) is 32.1 Å². The SMILES string of the molecule is COc1cc(/C=N/C(C(=O)O)C(C)C)cc(Br)c1OC(=O)/C=C/c1ccccc1. The maximum absolute atomic E-state index is 12.2. The number of carbonyl (C=O) groups excluding carboxylic acids is 1. The summed E-state index contributed by atoms with van der Waals surface area (Å²) in [4.78, 5) is 27.6. The highest BCUT2D eigenvalue weighted by molar-refractivity contribution is 9.10. The van der Waals surface area contributed by atoms with Crippen LogP contribution < -0.4 is 9.47 Å². The molecule has 0 saturated carbocycles. The molecule has 0 saturated heterocycles. The molecule has 0 fully saturated rings. The van der Waals surface area contributed by atoms with E-state index in [0.717, 1.165) is 5.56 Å². The molecular formula is C22H22BrNO5. The minimum Gasteiger partial charge on any atom is -0.493 e. The summed E-state index contributed by atoms with van der Waals surface area (Å²) in [6, 6.07) is 11.8. The van der Waals surface area contributed by atoms with Gasteiger partial charge in [-0.25, -0.2) is 9.59 Å². The van der Waals surface area contributed by atoms with E-state index >= 15 is 0 Å². The van der Waals surface area contributed by atoms with Gasteiger partial charge in [-0.15, -0.1) is 0 Å². The Morgan fingerprint density at radius 3 is 2.41 bits per heavy atom. The standard InChI is InChI=1S/C22H22BrNO5/c1-14(2)20(22(26)27)24-13-16-11-17(23)21(18(12-16)28-3)29-19(25)10-9-15-7-5-4-6-8-15/h4-14,20H,1-3H3,(H,26,27)/b10-9+,24-13+. The minimum atomic E-state index is -0.988. The van der Waals surface area contributed by atoms with E-state index < -0.39 is 18.0 Å². The van der Waals surface area contributed by atoms with Crippen LogP contribution in [-0.4, -0.2) is 36.4 Å². The minimum absolute atomic E-state index is 0.147. The average molecular weight is 460 g/mol. The van der Waals surface area contributed by atoms with Crippen molar-refractivity contribution < 1.29 is 24.2 Å². The van der Waals surface area contributed by atoms with Gasteiger partial charge < -0.3 is 14.6 Å². The molecule has 1 N–H and O–H groups in total. The molecule has 0 heterocycles. The third kappa shape index (κ3) is 6.57. The summed E-state index contributed by atoms with van der Waals surface area (Å²) in [5, 5.41) is 9.24. The van der Waals surface area contributed by atoms with Crippen molar-refractivity contribution >= 4 is 40.2 Å². The number of benzene rings is 2. The number of methoxy groups -OCH3 is 1. The van der Waals surface area contributed by atoms with Crippen molar-refractivity contribution in [2.45, 2.75) is 19.9 Å². The van der Waals surface area contributed by atoms with Crippen molar-refractivity contribution in [3.8, 4) is 11.5 Å². The third-order valence-electron chi connectivity index (χ3n) is 3.93. The van der Waals surface area contributed by atoms with Crippen LogP contribution >= 0.6 is 15.9 Å². The quantitative estimate of drug-likeness (QED) is 0.269. The first-order valence-electron chi connectivity index (χ1n) is 8.90. The van der Waals surface area contributed by atoms with Crippen LogP contribution in [0.1, 0.15) is 25.0 Å². The molecule has 7 heteroatoms. The molecule has 0 radical (unpaired) electrons. The number of esters is 1. The lowest BCUT2D eigenvalue weighted by Crippen LogP contribution is -2.24. The molecule has 0 bridgehead atoms. The summed E-state index contributed by atoms with van der Waals surface area (Å²) in [6.07, 6.45) is 4.45. The van der Waals surface area contributed by atoms with E-state index in [2.05, 4.69) is 20.9 Å². The van der Waals surface area contributed by atoms with Crippen LogP contribution in [0.4, 0.5) is 0 Å². The Labute approximate surface area is 178 Å². The topological polar surface area (TPSA) is 85.2 Å². The number of carbonyl (C=O) groups is 2. The number of hydrogen-bond donors (Lipinski definition) is 1. The van der Waals surface area contributed by atoms with E-state index in [-0.39, 0.29) is 11.7 Å². The van der Waals surface area contributed by atoms with Crippen molar-refractivity contribution in [1.29, 1.82) is 0 Å². The molecule has 152 valence electrons. The summed E-state index contributed by atoms with van der Waals surface area (Å²) in [7, 11) is 1.45.